The molecule has 0 bridgehead atoms. The zero-order valence-electron chi connectivity index (χ0n) is 8.27. The average molecular weight is 219 g/mol. The Balaban J connectivity index is 2.35. The maximum Gasteiger partial charge on any atom is 0.417 e. The molecule has 0 amide bonds. The van der Waals surface area contributed by atoms with Gasteiger partial charge in [-0.2, -0.15) is 0 Å². The molecule has 0 radical (unpaired) electrons. The molecule has 0 aliphatic heterocycles. The van der Waals surface area contributed by atoms with Gasteiger partial charge in [0, 0.05) is 6.42 Å². The van der Waals surface area contributed by atoms with Crippen molar-refractivity contribution in [1.82, 2.24) is 4.98 Å². The van der Waals surface area contributed by atoms with E-state index in [-0.39, 0.29) is 17.9 Å². The number of hydrogen-bond donors (Lipinski definition) is 2. The van der Waals surface area contributed by atoms with Crippen LogP contribution in [0, 0.1) is 0 Å². The second-order valence-corrected chi connectivity index (χ2v) is 3.28. The summed E-state index contributed by atoms with van der Waals surface area (Å²) in [4.78, 5) is 23.9. The molecular formula is C11H9NO4. The highest BCUT2D eigenvalue weighted by molar-refractivity contribution is 5.86. The number of carbonyl (C=O) groups is 1. The number of benzene rings is 1. The normalized spacial score (nSPS) is 10.2. The lowest BCUT2D eigenvalue weighted by Gasteiger charge is -1.97. The second kappa shape index (κ2) is 4.06. The van der Waals surface area contributed by atoms with Gasteiger partial charge in [-0.15, -0.1) is 0 Å². The molecule has 16 heavy (non-hydrogen) atoms. The molecule has 0 spiro atoms. The van der Waals surface area contributed by atoms with Crippen molar-refractivity contribution in [2.45, 2.75) is 6.42 Å². The number of nitrogens with one attached hydrogen (secondary N) is 1. The van der Waals surface area contributed by atoms with Gasteiger partial charge in [0.1, 0.15) is 5.76 Å². The van der Waals surface area contributed by atoms with Crippen LogP contribution in [-0.2, 0) is 6.42 Å². The maximum atomic E-state index is 10.9. The van der Waals surface area contributed by atoms with Crippen LogP contribution in [0.15, 0.2) is 39.5 Å². The first-order valence-electron chi connectivity index (χ1n) is 4.66. The number of carboxylic acid groups (broad SMARTS) is 1. The molecule has 1 aromatic heterocycles. The Kier molecular flexibility index (Phi) is 2.59. The summed E-state index contributed by atoms with van der Waals surface area (Å²) in [5, 5.41) is 8.83. The van der Waals surface area contributed by atoms with Gasteiger partial charge in [0.15, 0.2) is 5.69 Å². The van der Waals surface area contributed by atoms with Gasteiger partial charge in [0.05, 0.1) is 0 Å². The summed E-state index contributed by atoms with van der Waals surface area (Å²) in [6, 6.07) is 9.19. The Morgan fingerprint density at radius 3 is 2.62 bits per heavy atom. The lowest BCUT2D eigenvalue weighted by molar-refractivity contribution is 0.0689. The highest BCUT2D eigenvalue weighted by Gasteiger charge is 2.16. The van der Waals surface area contributed by atoms with Crippen LogP contribution in [0.25, 0.3) is 0 Å². The van der Waals surface area contributed by atoms with Crippen LogP contribution in [0.5, 0.6) is 0 Å². The zero-order chi connectivity index (χ0) is 11.5. The third-order valence-electron chi connectivity index (χ3n) is 2.14. The average Bonchev–Trinajstić information content (AvgIpc) is 2.61. The third kappa shape index (κ3) is 2.03. The van der Waals surface area contributed by atoms with Crippen LogP contribution in [-0.4, -0.2) is 16.1 Å². The fourth-order valence-corrected chi connectivity index (χ4v) is 1.44. The smallest absolute Gasteiger partial charge is 0.417 e. The van der Waals surface area contributed by atoms with Crippen LogP contribution in [0.4, 0.5) is 0 Å². The number of hydrogen-bond acceptors (Lipinski definition) is 3. The molecular weight excluding hydrogens is 210 g/mol. The minimum atomic E-state index is -1.20. The minimum absolute atomic E-state index is 0.142. The molecule has 0 fully saturated rings. The SMILES string of the molecule is O=C(O)c1[nH]c(=O)oc1Cc1ccccc1. The van der Waals surface area contributed by atoms with E-state index in [1.54, 1.807) is 0 Å². The highest BCUT2D eigenvalue weighted by Crippen LogP contribution is 2.11. The van der Waals surface area contributed by atoms with Crippen molar-refractivity contribution in [1.29, 1.82) is 0 Å². The van der Waals surface area contributed by atoms with Crippen LogP contribution in [0.1, 0.15) is 21.8 Å². The molecule has 1 aromatic carbocycles. The van der Waals surface area contributed by atoms with Gasteiger partial charge in [-0.3, -0.25) is 4.98 Å². The molecule has 5 nitrogen and oxygen atoms in total. The minimum Gasteiger partial charge on any atom is -0.476 e. The van der Waals surface area contributed by atoms with Gasteiger partial charge in [-0.05, 0) is 5.56 Å². The van der Waals surface area contributed by atoms with E-state index in [1.165, 1.54) is 0 Å². The topological polar surface area (TPSA) is 83.3 Å². The standard InChI is InChI=1S/C11H9NO4/c13-10(14)9-8(16-11(15)12-9)6-7-4-2-1-3-5-7/h1-5H,6H2,(H,12,15)(H,13,14). The Labute approximate surface area is 90.3 Å². The number of aromatic nitrogens is 1. The Bertz CT molecular complexity index is 553. The van der Waals surface area contributed by atoms with Gasteiger partial charge in [-0.1, -0.05) is 30.3 Å². The highest BCUT2D eigenvalue weighted by atomic mass is 16.4. The number of H-pyrrole nitrogens is 1. The first kappa shape index (κ1) is 10.2. The molecule has 0 aliphatic rings. The van der Waals surface area contributed by atoms with E-state index in [2.05, 4.69) is 4.98 Å². The lowest BCUT2D eigenvalue weighted by Crippen LogP contribution is -2.04. The van der Waals surface area contributed by atoms with Crippen LogP contribution in [0.2, 0.25) is 0 Å². The van der Waals surface area contributed by atoms with E-state index in [0.717, 1.165) is 5.56 Å². The fraction of sp³-hybridized carbons (Fsp3) is 0.0909. The van der Waals surface area contributed by atoms with Crippen LogP contribution < -0.4 is 5.76 Å². The zero-order valence-corrected chi connectivity index (χ0v) is 8.27. The van der Waals surface area contributed by atoms with Crippen molar-refractivity contribution >= 4 is 5.97 Å². The molecule has 2 rings (SSSR count). The molecule has 0 unspecified atom stereocenters. The molecule has 2 aromatic rings. The second-order valence-electron chi connectivity index (χ2n) is 3.28. The first-order chi connectivity index (χ1) is 7.66. The molecule has 0 aliphatic carbocycles. The number of aromatic amines is 1. The predicted molar refractivity (Wildman–Crippen MR) is 55.5 cm³/mol. The van der Waals surface area contributed by atoms with Crippen molar-refractivity contribution in [2.75, 3.05) is 0 Å². The number of oxazole rings is 1. The van der Waals surface area contributed by atoms with E-state index in [1.807, 2.05) is 30.3 Å². The maximum absolute atomic E-state index is 10.9. The Hall–Kier alpha value is -2.30. The van der Waals surface area contributed by atoms with E-state index in [9.17, 15) is 9.59 Å². The van der Waals surface area contributed by atoms with Crippen LogP contribution >= 0.6 is 0 Å². The summed E-state index contributed by atoms with van der Waals surface area (Å²) in [6.45, 7) is 0. The summed E-state index contributed by atoms with van der Waals surface area (Å²) >= 11 is 0. The molecule has 2 N–H and O–H groups in total. The Morgan fingerprint density at radius 1 is 1.31 bits per heavy atom. The fourth-order valence-electron chi connectivity index (χ4n) is 1.44. The lowest BCUT2D eigenvalue weighted by atomic mass is 10.1. The van der Waals surface area contributed by atoms with Crippen LogP contribution in [0.3, 0.4) is 0 Å². The van der Waals surface area contributed by atoms with Gasteiger partial charge < -0.3 is 9.52 Å². The van der Waals surface area contributed by atoms with E-state index < -0.39 is 11.7 Å². The predicted octanol–water partition coefficient (Wildman–Crippen LogP) is 1.26. The molecule has 0 saturated carbocycles. The largest absolute Gasteiger partial charge is 0.476 e. The summed E-state index contributed by atoms with van der Waals surface area (Å²) < 4.78 is 4.79. The monoisotopic (exact) mass is 219 g/mol. The van der Waals surface area contributed by atoms with Crippen molar-refractivity contribution in [3.8, 4) is 0 Å². The third-order valence-corrected chi connectivity index (χ3v) is 2.14. The molecule has 1 heterocycles. The number of rotatable bonds is 3. The van der Waals surface area contributed by atoms with E-state index >= 15 is 0 Å². The van der Waals surface area contributed by atoms with Crippen molar-refractivity contribution in [3.05, 3.63) is 57.9 Å². The Morgan fingerprint density at radius 2 is 2.00 bits per heavy atom. The summed E-state index contributed by atoms with van der Waals surface area (Å²) in [5.74, 6) is -1.80. The number of carboxylic acids is 1. The molecule has 0 saturated heterocycles. The quantitative estimate of drug-likeness (QED) is 0.813. The van der Waals surface area contributed by atoms with Gasteiger partial charge in [0.2, 0.25) is 0 Å². The van der Waals surface area contributed by atoms with Crippen molar-refractivity contribution < 1.29 is 14.3 Å². The van der Waals surface area contributed by atoms with E-state index in [0.29, 0.717) is 0 Å². The molecule has 5 heteroatoms. The molecule has 0 atom stereocenters. The van der Waals surface area contributed by atoms with Crippen molar-refractivity contribution in [2.24, 2.45) is 0 Å². The number of aromatic carboxylic acids is 1. The van der Waals surface area contributed by atoms with E-state index in [4.69, 9.17) is 9.52 Å². The summed E-state index contributed by atoms with van der Waals surface area (Å²) in [7, 11) is 0. The van der Waals surface area contributed by atoms with Gasteiger partial charge >= 0.3 is 11.7 Å². The first-order valence-corrected chi connectivity index (χ1v) is 4.66. The van der Waals surface area contributed by atoms with Gasteiger partial charge in [0.25, 0.3) is 0 Å². The van der Waals surface area contributed by atoms with Gasteiger partial charge in [-0.25, -0.2) is 9.59 Å². The van der Waals surface area contributed by atoms with Crippen molar-refractivity contribution in [3.63, 3.8) is 0 Å². The summed E-state index contributed by atoms with van der Waals surface area (Å²) in [6.07, 6.45) is 0.279. The molecule has 82 valence electrons. The summed E-state index contributed by atoms with van der Waals surface area (Å²) in [5.41, 5.74) is 0.696.